The number of aliphatic carboxylic acids is 2. The third kappa shape index (κ3) is 10.2. The Hall–Kier alpha value is -1.96. The Morgan fingerprint density at radius 3 is 2.20 bits per heavy atom. The third-order valence-electron chi connectivity index (χ3n) is 4.60. The van der Waals surface area contributed by atoms with Crippen LogP contribution in [0.3, 0.4) is 0 Å². The molecule has 1 aromatic carbocycles. The lowest BCUT2D eigenvalue weighted by Crippen LogP contribution is -2.43. The monoisotopic (exact) mass is 444 g/mol. The van der Waals surface area contributed by atoms with Gasteiger partial charge in [0, 0.05) is 17.0 Å². The molecule has 4 N–H and O–H groups in total. The molecule has 2 unspecified atom stereocenters. The summed E-state index contributed by atoms with van der Waals surface area (Å²) in [7, 11) is 0. The number of carboxylic acid groups (broad SMARTS) is 2. The van der Waals surface area contributed by atoms with Gasteiger partial charge in [-0.25, -0.2) is 4.79 Å². The van der Waals surface area contributed by atoms with Crippen LogP contribution in [0.2, 0.25) is 5.02 Å². The molecule has 8 heteroatoms. The molecule has 0 bridgehead atoms. The number of Topliss-reactive ketones (excluding diaryl/α,β-unsaturated/α-hetero) is 1. The number of rotatable bonds is 13. The van der Waals surface area contributed by atoms with Crippen LogP contribution < -0.4 is 0 Å². The number of aliphatic hydroxyl groups is 2. The van der Waals surface area contributed by atoms with Crippen molar-refractivity contribution in [2.75, 3.05) is 0 Å². The van der Waals surface area contributed by atoms with Gasteiger partial charge in [-0.2, -0.15) is 0 Å². The molecule has 0 aliphatic rings. The molecule has 0 saturated heterocycles. The van der Waals surface area contributed by atoms with Gasteiger partial charge in [-0.3, -0.25) is 9.59 Å². The van der Waals surface area contributed by atoms with Gasteiger partial charge in [0.1, 0.15) is 0 Å². The molecule has 0 spiro atoms. The lowest BCUT2D eigenvalue weighted by Gasteiger charge is -2.24. The Kier molecular flexibility index (Phi) is 13.2. The number of carboxylic acids is 2. The average Bonchev–Trinajstić information content (AvgIpc) is 2.66. The highest BCUT2D eigenvalue weighted by Crippen LogP contribution is 2.22. The maximum absolute atomic E-state index is 11.7. The average molecular weight is 445 g/mol. The highest BCUT2D eigenvalue weighted by molar-refractivity contribution is 6.31. The van der Waals surface area contributed by atoms with E-state index >= 15 is 0 Å². The predicted molar refractivity (Wildman–Crippen MR) is 115 cm³/mol. The molecule has 0 aliphatic heterocycles. The van der Waals surface area contributed by atoms with Crippen LogP contribution in [-0.4, -0.2) is 49.9 Å². The molecular weight excluding hydrogens is 412 g/mol. The quantitative estimate of drug-likeness (QED) is 0.266. The van der Waals surface area contributed by atoms with Gasteiger partial charge in [0.25, 0.3) is 0 Å². The van der Waals surface area contributed by atoms with Gasteiger partial charge >= 0.3 is 11.9 Å². The molecule has 2 atom stereocenters. The summed E-state index contributed by atoms with van der Waals surface area (Å²) >= 11 is 5.92. The van der Waals surface area contributed by atoms with Gasteiger partial charge in [0.15, 0.2) is 11.4 Å². The molecule has 1 aromatic rings. The van der Waals surface area contributed by atoms with Crippen LogP contribution in [0.5, 0.6) is 0 Å². The Morgan fingerprint density at radius 2 is 1.67 bits per heavy atom. The van der Waals surface area contributed by atoms with Crippen molar-refractivity contribution in [2.24, 2.45) is 0 Å². The van der Waals surface area contributed by atoms with E-state index in [9.17, 15) is 24.6 Å². The molecule has 0 amide bonds. The van der Waals surface area contributed by atoms with E-state index in [4.69, 9.17) is 21.8 Å². The molecule has 170 valence electrons. The molecule has 0 aliphatic carbocycles. The normalized spacial score (nSPS) is 13.5. The van der Waals surface area contributed by atoms with Crippen LogP contribution in [0.4, 0.5) is 0 Å². The summed E-state index contributed by atoms with van der Waals surface area (Å²) in [4.78, 5) is 33.5. The number of carbonyl (C=O) groups is 3. The summed E-state index contributed by atoms with van der Waals surface area (Å²) in [5, 5.41) is 38.1. The number of aliphatic hydroxyl groups excluding tert-OH is 1. The molecule has 0 saturated carbocycles. The maximum Gasteiger partial charge on any atom is 0.336 e. The second-order valence-electron chi connectivity index (χ2n) is 7.08. The smallest absolute Gasteiger partial charge is 0.336 e. The first-order valence-electron chi connectivity index (χ1n) is 10.2. The molecule has 0 radical (unpaired) electrons. The number of hydrogen-bond donors (Lipinski definition) is 4. The van der Waals surface area contributed by atoms with E-state index in [-0.39, 0.29) is 12.2 Å². The molecule has 30 heavy (non-hydrogen) atoms. The van der Waals surface area contributed by atoms with Gasteiger partial charge < -0.3 is 20.4 Å². The summed E-state index contributed by atoms with van der Waals surface area (Å²) in [6.45, 7) is 5.50. The first-order chi connectivity index (χ1) is 14.0. The zero-order chi connectivity index (χ0) is 23.3. The highest BCUT2D eigenvalue weighted by atomic mass is 35.5. The van der Waals surface area contributed by atoms with Crippen LogP contribution in [0, 0.1) is 0 Å². The number of benzene rings is 1. The molecule has 0 heterocycles. The zero-order valence-electron chi connectivity index (χ0n) is 17.9. The number of unbranched alkanes of at least 4 members (excludes halogenated alkanes) is 3. The largest absolute Gasteiger partial charge is 0.481 e. The molecular formula is C22H33ClO7. The number of aryl methyl sites for hydroxylation is 1. The number of ketones is 1. The lowest BCUT2D eigenvalue weighted by atomic mass is 9.90. The van der Waals surface area contributed by atoms with Crippen molar-refractivity contribution in [1.82, 2.24) is 0 Å². The minimum atomic E-state index is -2.47. The van der Waals surface area contributed by atoms with Gasteiger partial charge in [-0.1, -0.05) is 50.8 Å². The fourth-order valence-corrected chi connectivity index (χ4v) is 3.29. The SMILES string of the molecule is CC.CC(=O)c1cc(Cl)ccc1CCCCCCC(O)CC(O)(CC(=O)O)C(=O)O. The fraction of sp³-hybridized carbons (Fsp3) is 0.591. The van der Waals surface area contributed by atoms with Gasteiger partial charge in [0.2, 0.25) is 0 Å². The first-order valence-corrected chi connectivity index (χ1v) is 10.6. The summed E-state index contributed by atoms with van der Waals surface area (Å²) in [6, 6.07) is 5.26. The minimum absolute atomic E-state index is 0.0344. The van der Waals surface area contributed by atoms with Crippen LogP contribution in [0.1, 0.15) is 81.6 Å². The Balaban J connectivity index is 0.00000407. The van der Waals surface area contributed by atoms with Crippen molar-refractivity contribution in [2.45, 2.75) is 83.8 Å². The van der Waals surface area contributed by atoms with E-state index in [1.165, 1.54) is 6.92 Å². The van der Waals surface area contributed by atoms with Crippen LogP contribution in [-0.2, 0) is 16.0 Å². The standard InChI is InChI=1S/C20H27ClO7.C2H6/c1-13(22)17-10-15(21)9-8-14(17)6-4-2-3-5-7-16(23)11-20(28,19(26)27)12-18(24)25;1-2/h8-10,16,23,28H,2-7,11-12H2,1H3,(H,24,25)(H,26,27);1-2H3. The first kappa shape index (κ1) is 28.0. The van der Waals surface area contributed by atoms with Gasteiger partial charge in [-0.05, 0) is 43.9 Å². The van der Waals surface area contributed by atoms with E-state index in [0.717, 1.165) is 31.2 Å². The molecule has 0 aromatic heterocycles. The predicted octanol–water partition coefficient (Wildman–Crippen LogP) is 4.10. The number of hydrogen-bond acceptors (Lipinski definition) is 5. The zero-order valence-corrected chi connectivity index (χ0v) is 18.6. The van der Waals surface area contributed by atoms with Crippen molar-refractivity contribution in [3.8, 4) is 0 Å². The van der Waals surface area contributed by atoms with Crippen molar-refractivity contribution in [3.05, 3.63) is 34.3 Å². The van der Waals surface area contributed by atoms with Crippen LogP contribution in [0.25, 0.3) is 0 Å². The molecule has 7 nitrogen and oxygen atoms in total. The van der Waals surface area contributed by atoms with E-state index < -0.39 is 36.5 Å². The van der Waals surface area contributed by atoms with E-state index in [1.807, 2.05) is 19.9 Å². The lowest BCUT2D eigenvalue weighted by molar-refractivity contribution is -0.168. The van der Waals surface area contributed by atoms with Gasteiger partial charge in [-0.15, -0.1) is 0 Å². The third-order valence-corrected chi connectivity index (χ3v) is 4.83. The second-order valence-corrected chi connectivity index (χ2v) is 7.51. The van der Waals surface area contributed by atoms with Crippen LogP contribution >= 0.6 is 11.6 Å². The Bertz CT molecular complexity index is 705. The molecule has 1 rings (SSSR count). The van der Waals surface area contributed by atoms with E-state index in [2.05, 4.69) is 0 Å². The van der Waals surface area contributed by atoms with E-state index in [1.54, 1.807) is 12.1 Å². The van der Waals surface area contributed by atoms with Crippen molar-refractivity contribution in [1.29, 1.82) is 0 Å². The van der Waals surface area contributed by atoms with Crippen molar-refractivity contribution >= 4 is 29.3 Å². The van der Waals surface area contributed by atoms with Crippen molar-refractivity contribution in [3.63, 3.8) is 0 Å². The van der Waals surface area contributed by atoms with Crippen LogP contribution in [0.15, 0.2) is 18.2 Å². The summed E-state index contributed by atoms with van der Waals surface area (Å²) in [6.07, 6.45) is 1.51. The summed E-state index contributed by atoms with van der Waals surface area (Å²) < 4.78 is 0. The summed E-state index contributed by atoms with van der Waals surface area (Å²) in [5.41, 5.74) is -0.908. The Labute approximate surface area is 182 Å². The molecule has 0 fully saturated rings. The topological polar surface area (TPSA) is 132 Å². The van der Waals surface area contributed by atoms with E-state index in [0.29, 0.717) is 17.0 Å². The Morgan fingerprint density at radius 1 is 1.07 bits per heavy atom. The maximum atomic E-state index is 11.7. The second kappa shape index (κ2) is 14.1. The number of carbonyl (C=O) groups excluding carboxylic acids is 1. The minimum Gasteiger partial charge on any atom is -0.481 e. The van der Waals surface area contributed by atoms with Gasteiger partial charge in [0.05, 0.1) is 12.5 Å². The highest BCUT2D eigenvalue weighted by Gasteiger charge is 2.40. The summed E-state index contributed by atoms with van der Waals surface area (Å²) in [5.74, 6) is -3.13. The fourth-order valence-electron chi connectivity index (χ4n) is 3.12. The van der Waals surface area contributed by atoms with Crippen molar-refractivity contribution < 1.29 is 34.8 Å². The number of halogens is 1.